The van der Waals surface area contributed by atoms with Gasteiger partial charge in [-0.3, -0.25) is 19.3 Å². The van der Waals surface area contributed by atoms with Crippen molar-refractivity contribution < 1.29 is 4.79 Å². The summed E-state index contributed by atoms with van der Waals surface area (Å²) in [6.45, 7) is 0. The van der Waals surface area contributed by atoms with Crippen LogP contribution in [0.3, 0.4) is 0 Å². The smallest absolute Gasteiger partial charge is 0.271 e. The number of carbonyl (C=O) groups is 1. The predicted molar refractivity (Wildman–Crippen MR) is 69.3 cm³/mol. The first-order chi connectivity index (χ1) is 9.25. The Morgan fingerprint density at radius 2 is 2.05 bits per heavy atom. The zero-order chi connectivity index (χ0) is 13.2. The highest BCUT2D eigenvalue weighted by molar-refractivity contribution is 7.15. The number of hydrogen-bond acceptors (Lipinski definition) is 6. The van der Waals surface area contributed by atoms with E-state index in [0.717, 1.165) is 0 Å². The van der Waals surface area contributed by atoms with Crippen molar-refractivity contribution in [2.45, 2.75) is 0 Å². The van der Waals surface area contributed by atoms with Gasteiger partial charge in [-0.05, 0) is 6.07 Å². The number of fused-ring (bicyclic) bond motifs is 1. The third kappa shape index (κ3) is 2.08. The van der Waals surface area contributed by atoms with E-state index in [-0.39, 0.29) is 11.5 Å². The van der Waals surface area contributed by atoms with Crippen LogP contribution in [0.4, 0.5) is 5.95 Å². The first kappa shape index (κ1) is 11.5. The molecule has 8 heteroatoms. The predicted octanol–water partition coefficient (Wildman–Crippen LogP) is 0.798. The molecule has 7 nitrogen and oxygen atoms in total. The van der Waals surface area contributed by atoms with Crippen LogP contribution in [0.1, 0.15) is 10.4 Å². The number of hydrogen-bond donors (Lipinski definition) is 1. The van der Waals surface area contributed by atoms with E-state index in [9.17, 15) is 9.59 Å². The number of nitrogens with one attached hydrogen (secondary N) is 1. The number of anilines is 1. The summed E-state index contributed by atoms with van der Waals surface area (Å²) in [6.07, 6.45) is 5.82. The summed E-state index contributed by atoms with van der Waals surface area (Å²) in [4.78, 5) is 36.3. The molecule has 3 rings (SSSR count). The fourth-order valence-electron chi connectivity index (χ4n) is 1.51. The Hall–Kier alpha value is -2.61. The highest BCUT2D eigenvalue weighted by Crippen LogP contribution is 2.06. The van der Waals surface area contributed by atoms with E-state index in [2.05, 4.69) is 20.3 Å². The summed E-state index contributed by atoms with van der Waals surface area (Å²) in [5, 5.41) is 4.17. The number of nitrogens with zero attached hydrogens (tertiary/aromatic N) is 4. The molecule has 0 unspecified atom stereocenters. The molecule has 94 valence electrons. The van der Waals surface area contributed by atoms with Gasteiger partial charge in [-0.15, -0.1) is 11.3 Å². The van der Waals surface area contributed by atoms with E-state index in [4.69, 9.17) is 0 Å². The molecule has 0 bridgehead atoms. The summed E-state index contributed by atoms with van der Waals surface area (Å²) in [7, 11) is 0. The van der Waals surface area contributed by atoms with E-state index in [1.54, 1.807) is 17.6 Å². The van der Waals surface area contributed by atoms with Crippen LogP contribution in [0.2, 0.25) is 0 Å². The van der Waals surface area contributed by atoms with Crippen molar-refractivity contribution in [2.24, 2.45) is 0 Å². The minimum Gasteiger partial charge on any atom is -0.290 e. The molecule has 0 aliphatic rings. The molecule has 1 amide bonds. The fourth-order valence-corrected chi connectivity index (χ4v) is 2.19. The second kappa shape index (κ2) is 4.58. The van der Waals surface area contributed by atoms with Crippen LogP contribution in [0.15, 0.2) is 41.0 Å². The van der Waals surface area contributed by atoms with Gasteiger partial charge in [0, 0.05) is 30.2 Å². The van der Waals surface area contributed by atoms with Crippen LogP contribution in [-0.2, 0) is 0 Å². The Kier molecular flexibility index (Phi) is 2.76. The van der Waals surface area contributed by atoms with Crippen molar-refractivity contribution in [2.75, 3.05) is 5.32 Å². The van der Waals surface area contributed by atoms with E-state index in [1.165, 1.54) is 34.3 Å². The van der Waals surface area contributed by atoms with E-state index in [1.807, 2.05) is 0 Å². The quantitative estimate of drug-likeness (QED) is 0.746. The van der Waals surface area contributed by atoms with Crippen LogP contribution in [-0.4, -0.2) is 25.3 Å². The average Bonchev–Trinajstić information content (AvgIpc) is 2.89. The molecule has 0 aromatic carbocycles. The van der Waals surface area contributed by atoms with Crippen LogP contribution in [0.25, 0.3) is 4.96 Å². The van der Waals surface area contributed by atoms with Gasteiger partial charge in [0.25, 0.3) is 11.5 Å². The highest BCUT2D eigenvalue weighted by atomic mass is 32.1. The molecule has 0 saturated heterocycles. The molecule has 1 N–H and O–H groups in total. The largest absolute Gasteiger partial charge is 0.290 e. The standard InChI is InChI=1S/C11H7N5O2S/c17-8(15-10-12-2-1-3-13-10)7-6-14-11-16(9(7)18)4-5-19-11/h1-6H,(H,12,13,15,17). The third-order valence-corrected chi connectivity index (χ3v) is 3.15. The van der Waals surface area contributed by atoms with Crippen LogP contribution >= 0.6 is 11.3 Å². The number of amides is 1. The SMILES string of the molecule is O=C(Nc1ncccn1)c1cnc2sccn2c1=O. The Bertz CT molecular complexity index is 795. The zero-order valence-corrected chi connectivity index (χ0v) is 10.3. The lowest BCUT2D eigenvalue weighted by atomic mass is 10.3. The molecule has 19 heavy (non-hydrogen) atoms. The second-order valence-electron chi connectivity index (χ2n) is 3.56. The molecule has 0 aliphatic heterocycles. The Morgan fingerprint density at radius 1 is 1.26 bits per heavy atom. The summed E-state index contributed by atoms with van der Waals surface area (Å²) in [5.74, 6) is -0.438. The first-order valence-corrected chi connectivity index (χ1v) is 6.17. The second-order valence-corrected chi connectivity index (χ2v) is 4.43. The van der Waals surface area contributed by atoms with E-state index in [0.29, 0.717) is 4.96 Å². The van der Waals surface area contributed by atoms with Gasteiger partial charge in [-0.1, -0.05) is 0 Å². The number of aromatic nitrogens is 4. The van der Waals surface area contributed by atoms with Gasteiger partial charge in [0.05, 0.1) is 0 Å². The van der Waals surface area contributed by atoms with E-state index >= 15 is 0 Å². The minimum atomic E-state index is -0.579. The lowest BCUT2D eigenvalue weighted by molar-refractivity contribution is 0.102. The van der Waals surface area contributed by atoms with Crippen molar-refractivity contribution in [3.8, 4) is 0 Å². The number of rotatable bonds is 2. The summed E-state index contributed by atoms with van der Waals surface area (Å²) in [5.41, 5.74) is -0.469. The van der Waals surface area contributed by atoms with Crippen molar-refractivity contribution in [3.63, 3.8) is 0 Å². The van der Waals surface area contributed by atoms with Crippen LogP contribution in [0, 0.1) is 0 Å². The van der Waals surface area contributed by atoms with Crippen molar-refractivity contribution >= 4 is 28.2 Å². The lowest BCUT2D eigenvalue weighted by Gasteiger charge is -2.02. The Labute approximate surface area is 110 Å². The molecule has 3 aromatic rings. The molecule has 3 aromatic heterocycles. The summed E-state index contributed by atoms with van der Waals surface area (Å²) >= 11 is 1.32. The lowest BCUT2D eigenvalue weighted by Crippen LogP contribution is -2.26. The van der Waals surface area contributed by atoms with Crippen LogP contribution < -0.4 is 10.9 Å². The van der Waals surface area contributed by atoms with Gasteiger partial charge in [-0.2, -0.15) is 0 Å². The normalized spacial score (nSPS) is 10.5. The maximum atomic E-state index is 12.0. The minimum absolute atomic E-state index is 0.0525. The highest BCUT2D eigenvalue weighted by Gasteiger charge is 2.14. The summed E-state index contributed by atoms with van der Waals surface area (Å²) < 4.78 is 1.32. The molecule has 0 aliphatic carbocycles. The molecule has 0 atom stereocenters. The van der Waals surface area contributed by atoms with Crippen molar-refractivity contribution in [3.05, 3.63) is 52.2 Å². The molecule has 3 heterocycles. The topological polar surface area (TPSA) is 89.2 Å². The van der Waals surface area contributed by atoms with Gasteiger partial charge in [0.1, 0.15) is 5.56 Å². The molecule has 0 saturated carbocycles. The van der Waals surface area contributed by atoms with Gasteiger partial charge in [-0.25, -0.2) is 15.0 Å². The molecular weight excluding hydrogens is 266 g/mol. The molecular formula is C11H7N5O2S. The molecule has 0 radical (unpaired) electrons. The average molecular weight is 273 g/mol. The Balaban J connectivity index is 1.98. The van der Waals surface area contributed by atoms with Gasteiger partial charge < -0.3 is 0 Å². The van der Waals surface area contributed by atoms with Gasteiger partial charge in [0.15, 0.2) is 4.96 Å². The van der Waals surface area contributed by atoms with Gasteiger partial charge in [0.2, 0.25) is 5.95 Å². The van der Waals surface area contributed by atoms with Crippen molar-refractivity contribution in [1.29, 1.82) is 0 Å². The van der Waals surface area contributed by atoms with Crippen molar-refractivity contribution in [1.82, 2.24) is 19.4 Å². The van der Waals surface area contributed by atoms with Gasteiger partial charge >= 0.3 is 0 Å². The first-order valence-electron chi connectivity index (χ1n) is 5.29. The maximum absolute atomic E-state index is 12.0. The van der Waals surface area contributed by atoms with Crippen LogP contribution in [0.5, 0.6) is 0 Å². The number of thiazole rings is 1. The molecule has 0 spiro atoms. The summed E-state index contributed by atoms with van der Waals surface area (Å²) in [6, 6.07) is 1.63. The zero-order valence-electron chi connectivity index (χ0n) is 9.48. The van der Waals surface area contributed by atoms with E-state index < -0.39 is 11.5 Å². The Morgan fingerprint density at radius 3 is 2.84 bits per heavy atom. The number of carbonyl (C=O) groups excluding carboxylic acids is 1. The third-order valence-electron chi connectivity index (χ3n) is 2.38. The fraction of sp³-hybridized carbons (Fsp3) is 0. The maximum Gasteiger partial charge on any atom is 0.271 e. The monoisotopic (exact) mass is 273 g/mol. The molecule has 0 fully saturated rings.